The highest BCUT2D eigenvalue weighted by atomic mass is 79.9. The summed E-state index contributed by atoms with van der Waals surface area (Å²) in [5.74, 6) is 0.705. The van der Waals surface area contributed by atoms with E-state index in [1.54, 1.807) is 0 Å². The number of fused-ring (bicyclic) bond motifs is 3. The lowest BCUT2D eigenvalue weighted by molar-refractivity contribution is 1.18. The van der Waals surface area contributed by atoms with Crippen molar-refractivity contribution >= 4 is 47.4 Å². The van der Waals surface area contributed by atoms with Gasteiger partial charge in [-0.1, -0.05) is 94.8 Å². The fourth-order valence-electron chi connectivity index (χ4n) is 5.65. The number of thiophene rings is 1. The lowest BCUT2D eigenvalue weighted by Crippen LogP contribution is -1.96. The summed E-state index contributed by atoms with van der Waals surface area (Å²) in [6, 6.07) is 46.8. The number of benzene rings is 5. The summed E-state index contributed by atoms with van der Waals surface area (Å²) in [6.45, 7) is 0. The highest BCUT2D eigenvalue weighted by molar-refractivity contribution is 9.10. The van der Waals surface area contributed by atoms with E-state index in [1.807, 2.05) is 54.1 Å². The van der Waals surface area contributed by atoms with E-state index in [2.05, 4.69) is 124 Å². The van der Waals surface area contributed by atoms with Gasteiger partial charge in [0.15, 0.2) is 5.82 Å². The molecule has 44 heavy (non-hydrogen) atoms. The molecule has 8 rings (SSSR count). The Hall–Kier alpha value is -4.97. The van der Waals surface area contributed by atoms with Gasteiger partial charge in [-0.15, -0.1) is 11.3 Å². The van der Waals surface area contributed by atoms with Crippen molar-refractivity contribution < 1.29 is 0 Å². The van der Waals surface area contributed by atoms with Gasteiger partial charge in [-0.3, -0.25) is 4.98 Å². The molecule has 0 atom stereocenters. The molecule has 0 N–H and O–H groups in total. The first kappa shape index (κ1) is 26.6. The van der Waals surface area contributed by atoms with E-state index in [0.29, 0.717) is 5.82 Å². The predicted octanol–water partition coefficient (Wildman–Crippen LogP) is 11.3. The molecule has 0 aliphatic heterocycles. The number of rotatable bonds is 5. The van der Waals surface area contributed by atoms with Gasteiger partial charge in [-0.05, 0) is 76.9 Å². The Labute approximate surface area is 267 Å². The van der Waals surface area contributed by atoms with Gasteiger partial charge in [0.2, 0.25) is 0 Å². The molecule has 5 aromatic carbocycles. The molecule has 0 saturated carbocycles. The molecule has 0 aliphatic rings. The molecule has 0 aliphatic carbocycles. The van der Waals surface area contributed by atoms with Crippen LogP contribution in [0.1, 0.15) is 0 Å². The minimum atomic E-state index is 0.705. The molecule has 3 nitrogen and oxygen atoms in total. The maximum absolute atomic E-state index is 5.10. The summed E-state index contributed by atoms with van der Waals surface area (Å²) in [5.41, 5.74) is 9.42. The topological polar surface area (TPSA) is 38.7 Å². The summed E-state index contributed by atoms with van der Waals surface area (Å²) >= 11 is 5.61. The van der Waals surface area contributed by atoms with Crippen LogP contribution in [0.4, 0.5) is 0 Å². The van der Waals surface area contributed by atoms with Crippen molar-refractivity contribution in [3.63, 3.8) is 0 Å². The van der Waals surface area contributed by atoms with Gasteiger partial charge in [0.25, 0.3) is 0 Å². The maximum Gasteiger partial charge on any atom is 0.160 e. The standard InChI is InChI=1S/C39H24BrN3S/c40-32-21-30(26-12-10-25(11-13-26)27-16-18-41-19-17-27)20-31(22-32)36-24-35(42-39(43-36)28-6-2-1-3-7-28)29-14-15-38-34(23-29)33-8-4-5-9-37(33)44-38/h1-24H. The Bertz CT molecular complexity index is 2280. The Balaban J connectivity index is 1.25. The molecular weight excluding hydrogens is 622 g/mol. The van der Waals surface area contributed by atoms with Gasteiger partial charge in [-0.25, -0.2) is 9.97 Å². The molecule has 0 bridgehead atoms. The number of pyridine rings is 1. The third-order valence-corrected chi connectivity index (χ3v) is 9.47. The first-order chi connectivity index (χ1) is 21.7. The predicted molar refractivity (Wildman–Crippen MR) is 188 cm³/mol. The minimum Gasteiger partial charge on any atom is -0.265 e. The lowest BCUT2D eigenvalue weighted by atomic mass is 9.98. The van der Waals surface area contributed by atoms with Crippen LogP contribution in [0.25, 0.3) is 76.3 Å². The van der Waals surface area contributed by atoms with Gasteiger partial charge in [0.1, 0.15) is 0 Å². The summed E-state index contributed by atoms with van der Waals surface area (Å²) in [4.78, 5) is 14.3. The van der Waals surface area contributed by atoms with Crippen LogP contribution in [-0.2, 0) is 0 Å². The Kier molecular flexibility index (Phi) is 6.82. The summed E-state index contributed by atoms with van der Waals surface area (Å²) in [6.07, 6.45) is 3.65. The highest BCUT2D eigenvalue weighted by Crippen LogP contribution is 2.38. The molecule has 0 amide bonds. The molecule has 3 aromatic heterocycles. The van der Waals surface area contributed by atoms with Crippen LogP contribution in [0.2, 0.25) is 0 Å². The molecule has 5 heteroatoms. The number of nitrogens with zero attached hydrogens (tertiary/aromatic N) is 3. The fourth-order valence-corrected chi connectivity index (χ4v) is 7.23. The van der Waals surface area contributed by atoms with E-state index < -0.39 is 0 Å². The van der Waals surface area contributed by atoms with Gasteiger partial charge in [-0.2, -0.15) is 0 Å². The van der Waals surface area contributed by atoms with Crippen LogP contribution >= 0.6 is 27.3 Å². The van der Waals surface area contributed by atoms with Crippen molar-refractivity contribution in [3.8, 4) is 56.2 Å². The first-order valence-electron chi connectivity index (χ1n) is 14.4. The van der Waals surface area contributed by atoms with E-state index in [9.17, 15) is 0 Å². The van der Waals surface area contributed by atoms with E-state index in [-0.39, 0.29) is 0 Å². The third kappa shape index (κ3) is 5.11. The second-order valence-corrected chi connectivity index (χ2v) is 12.7. The van der Waals surface area contributed by atoms with Gasteiger partial charge in [0, 0.05) is 53.7 Å². The molecular formula is C39H24BrN3S. The van der Waals surface area contributed by atoms with Crippen LogP contribution in [0, 0.1) is 0 Å². The van der Waals surface area contributed by atoms with Crippen molar-refractivity contribution in [2.75, 3.05) is 0 Å². The van der Waals surface area contributed by atoms with Crippen LogP contribution in [0.3, 0.4) is 0 Å². The van der Waals surface area contributed by atoms with E-state index >= 15 is 0 Å². The largest absolute Gasteiger partial charge is 0.265 e. The molecule has 3 heterocycles. The lowest BCUT2D eigenvalue weighted by Gasteiger charge is -2.12. The Morgan fingerprint density at radius 3 is 1.84 bits per heavy atom. The normalized spacial score (nSPS) is 11.3. The zero-order chi connectivity index (χ0) is 29.5. The van der Waals surface area contributed by atoms with E-state index in [1.165, 1.54) is 20.2 Å². The van der Waals surface area contributed by atoms with Crippen molar-refractivity contribution in [2.24, 2.45) is 0 Å². The molecule has 0 spiro atoms. The maximum atomic E-state index is 5.10. The Morgan fingerprint density at radius 1 is 0.432 bits per heavy atom. The second-order valence-electron chi connectivity index (χ2n) is 10.7. The number of hydrogen-bond donors (Lipinski definition) is 0. The van der Waals surface area contributed by atoms with Gasteiger partial charge in [0.05, 0.1) is 11.4 Å². The van der Waals surface area contributed by atoms with Gasteiger partial charge < -0.3 is 0 Å². The number of halogens is 1. The number of aromatic nitrogens is 3. The SMILES string of the molecule is Brc1cc(-c2ccc(-c3ccncc3)cc2)cc(-c2cc(-c3ccc4sc5ccccc5c4c3)nc(-c3ccccc3)n2)c1. The quantitative estimate of drug-likeness (QED) is 0.187. The monoisotopic (exact) mass is 645 g/mol. The molecule has 0 radical (unpaired) electrons. The summed E-state index contributed by atoms with van der Waals surface area (Å²) in [5, 5.41) is 2.53. The Morgan fingerprint density at radius 2 is 1.05 bits per heavy atom. The molecule has 8 aromatic rings. The van der Waals surface area contributed by atoms with Crippen LogP contribution in [0.15, 0.2) is 150 Å². The van der Waals surface area contributed by atoms with Crippen molar-refractivity contribution in [1.82, 2.24) is 15.0 Å². The van der Waals surface area contributed by atoms with Crippen molar-refractivity contribution in [1.29, 1.82) is 0 Å². The van der Waals surface area contributed by atoms with Crippen molar-refractivity contribution in [3.05, 3.63) is 150 Å². The first-order valence-corrected chi connectivity index (χ1v) is 16.0. The zero-order valence-electron chi connectivity index (χ0n) is 23.5. The fraction of sp³-hybridized carbons (Fsp3) is 0. The van der Waals surface area contributed by atoms with E-state index in [4.69, 9.17) is 9.97 Å². The van der Waals surface area contributed by atoms with Gasteiger partial charge >= 0.3 is 0 Å². The highest BCUT2D eigenvalue weighted by Gasteiger charge is 2.14. The molecule has 208 valence electrons. The average Bonchev–Trinajstić information content (AvgIpc) is 3.47. The second kappa shape index (κ2) is 11.3. The molecule has 0 saturated heterocycles. The van der Waals surface area contributed by atoms with Crippen LogP contribution < -0.4 is 0 Å². The molecule has 0 fully saturated rings. The third-order valence-electron chi connectivity index (χ3n) is 7.86. The van der Waals surface area contributed by atoms with Crippen molar-refractivity contribution in [2.45, 2.75) is 0 Å². The summed E-state index contributed by atoms with van der Waals surface area (Å²) < 4.78 is 3.57. The van der Waals surface area contributed by atoms with Crippen LogP contribution in [-0.4, -0.2) is 15.0 Å². The molecule has 0 unspecified atom stereocenters. The van der Waals surface area contributed by atoms with E-state index in [0.717, 1.165) is 54.8 Å². The average molecular weight is 647 g/mol. The zero-order valence-corrected chi connectivity index (χ0v) is 25.9. The van der Waals surface area contributed by atoms with Crippen LogP contribution in [0.5, 0.6) is 0 Å². The minimum absolute atomic E-state index is 0.705. The number of hydrogen-bond acceptors (Lipinski definition) is 4. The smallest absolute Gasteiger partial charge is 0.160 e. The summed E-state index contributed by atoms with van der Waals surface area (Å²) in [7, 11) is 0.